The first kappa shape index (κ1) is 24.7. The molecule has 0 aromatic carbocycles. The van der Waals surface area contributed by atoms with E-state index < -0.39 is 8.32 Å². The molecule has 2 rings (SSSR count). The van der Waals surface area contributed by atoms with Crippen molar-refractivity contribution in [1.82, 2.24) is 0 Å². The van der Waals surface area contributed by atoms with Crippen molar-refractivity contribution in [2.45, 2.75) is 124 Å². The van der Waals surface area contributed by atoms with Crippen LogP contribution >= 0.6 is 15.9 Å². The lowest BCUT2D eigenvalue weighted by Gasteiger charge is -2.44. The maximum atomic E-state index is 6.84. The fourth-order valence-corrected chi connectivity index (χ4v) is 10.6. The second-order valence-corrected chi connectivity index (χ2v) is 15.9. The van der Waals surface area contributed by atoms with E-state index in [1.165, 1.54) is 69.5 Å². The zero-order chi connectivity index (χ0) is 21.0. The molecule has 3 heteroatoms. The number of halogens is 1. The van der Waals surface area contributed by atoms with Crippen LogP contribution in [0.5, 0.6) is 0 Å². The Balaban J connectivity index is 1.91. The Morgan fingerprint density at radius 1 is 1.21 bits per heavy atom. The van der Waals surface area contributed by atoms with Crippen LogP contribution < -0.4 is 0 Å². The average molecular weight is 472 g/mol. The van der Waals surface area contributed by atoms with Crippen LogP contribution in [-0.4, -0.2) is 13.9 Å². The molecule has 0 saturated heterocycles. The fraction of sp³-hybridized carbons (Fsp3) is 0.920. The van der Waals surface area contributed by atoms with Gasteiger partial charge in [0.25, 0.3) is 0 Å². The minimum absolute atomic E-state index is 0.0484. The second-order valence-electron chi connectivity index (χ2n) is 10.8. The monoisotopic (exact) mass is 470 g/mol. The lowest BCUT2D eigenvalue weighted by molar-refractivity contribution is 0.0705. The molecule has 164 valence electrons. The highest BCUT2D eigenvalue weighted by Gasteiger charge is 2.50. The molecule has 2 saturated carbocycles. The van der Waals surface area contributed by atoms with Gasteiger partial charge in [-0.1, -0.05) is 69.0 Å². The van der Waals surface area contributed by atoms with Gasteiger partial charge in [0.15, 0.2) is 8.32 Å². The van der Waals surface area contributed by atoms with Gasteiger partial charge in [-0.15, -0.1) is 0 Å². The van der Waals surface area contributed by atoms with Gasteiger partial charge in [-0.05, 0) is 98.7 Å². The molecule has 0 bridgehead atoms. The normalized spacial score (nSPS) is 31.2. The zero-order valence-electron chi connectivity index (χ0n) is 19.9. The molecule has 0 radical (unpaired) electrons. The van der Waals surface area contributed by atoms with Gasteiger partial charge in [0.2, 0.25) is 0 Å². The SMILES string of the molecule is CC[Si](CC)(CC)OC(C)(C)CCC[C@@H](C)[C@H]1CC[C@@H]2/C(=C/Br)CCC[C@@]21C. The van der Waals surface area contributed by atoms with Crippen LogP contribution in [0.1, 0.15) is 99.8 Å². The van der Waals surface area contributed by atoms with Crippen LogP contribution in [0.2, 0.25) is 18.1 Å². The van der Waals surface area contributed by atoms with Crippen molar-refractivity contribution < 1.29 is 4.43 Å². The third-order valence-electron chi connectivity index (χ3n) is 8.73. The van der Waals surface area contributed by atoms with E-state index in [2.05, 4.69) is 69.4 Å². The minimum atomic E-state index is -1.51. The summed E-state index contributed by atoms with van der Waals surface area (Å²) in [6.07, 6.45) is 10.9. The summed E-state index contributed by atoms with van der Waals surface area (Å²) in [5, 5.41) is 0. The first-order chi connectivity index (χ1) is 13.2. The molecule has 0 aromatic heterocycles. The van der Waals surface area contributed by atoms with Crippen LogP contribution in [0.15, 0.2) is 10.6 Å². The molecule has 0 spiro atoms. The van der Waals surface area contributed by atoms with E-state index in [0.717, 1.165) is 17.8 Å². The summed E-state index contributed by atoms with van der Waals surface area (Å²) in [5.41, 5.74) is 2.28. The van der Waals surface area contributed by atoms with Crippen LogP contribution in [0.25, 0.3) is 0 Å². The van der Waals surface area contributed by atoms with Gasteiger partial charge >= 0.3 is 0 Å². The molecule has 0 aliphatic heterocycles. The van der Waals surface area contributed by atoms with Crippen LogP contribution in [0.4, 0.5) is 0 Å². The first-order valence-electron chi connectivity index (χ1n) is 12.2. The van der Waals surface area contributed by atoms with Gasteiger partial charge in [0, 0.05) is 0 Å². The molecule has 0 aromatic rings. The van der Waals surface area contributed by atoms with Gasteiger partial charge in [-0.3, -0.25) is 0 Å². The largest absolute Gasteiger partial charge is 0.412 e. The minimum Gasteiger partial charge on any atom is -0.412 e. The van der Waals surface area contributed by atoms with E-state index in [9.17, 15) is 0 Å². The Labute approximate surface area is 185 Å². The Hall–Kier alpha value is 0.397. The summed E-state index contributed by atoms with van der Waals surface area (Å²) in [6, 6.07) is 3.77. The molecule has 2 aliphatic carbocycles. The number of rotatable bonds is 10. The fourth-order valence-electron chi connectivity index (χ4n) is 6.80. The van der Waals surface area contributed by atoms with E-state index in [4.69, 9.17) is 4.43 Å². The molecule has 0 N–H and O–H groups in total. The van der Waals surface area contributed by atoms with E-state index in [-0.39, 0.29) is 5.60 Å². The van der Waals surface area contributed by atoms with Crippen molar-refractivity contribution >= 4 is 24.2 Å². The predicted octanol–water partition coefficient (Wildman–Crippen LogP) is 9.09. The smallest absolute Gasteiger partial charge is 0.192 e. The molecule has 1 nitrogen and oxygen atoms in total. The zero-order valence-corrected chi connectivity index (χ0v) is 22.5. The molecule has 0 amide bonds. The van der Waals surface area contributed by atoms with E-state index >= 15 is 0 Å². The average Bonchev–Trinajstić information content (AvgIpc) is 3.03. The van der Waals surface area contributed by atoms with Gasteiger partial charge in [-0.25, -0.2) is 0 Å². The molecular weight excluding hydrogens is 424 g/mol. The quantitative estimate of drug-likeness (QED) is 0.289. The molecule has 0 heterocycles. The molecule has 28 heavy (non-hydrogen) atoms. The summed E-state index contributed by atoms with van der Waals surface area (Å²) in [4.78, 5) is 2.26. The third kappa shape index (κ3) is 5.35. The number of allylic oxidation sites excluding steroid dienone is 1. The molecule has 4 atom stereocenters. The number of hydrogen-bond acceptors (Lipinski definition) is 1. The van der Waals surface area contributed by atoms with Crippen molar-refractivity contribution in [3.8, 4) is 0 Å². The van der Waals surface area contributed by atoms with Crippen molar-refractivity contribution in [3.63, 3.8) is 0 Å². The number of fused-ring (bicyclic) bond motifs is 1. The Kier molecular flexibility index (Phi) is 8.93. The highest BCUT2D eigenvalue weighted by atomic mass is 79.9. The predicted molar refractivity (Wildman–Crippen MR) is 131 cm³/mol. The van der Waals surface area contributed by atoms with E-state index in [1.807, 2.05) is 0 Å². The molecule has 2 fully saturated rings. The maximum Gasteiger partial charge on any atom is 0.192 e. The summed E-state index contributed by atoms with van der Waals surface area (Å²) in [7, 11) is -1.51. The summed E-state index contributed by atoms with van der Waals surface area (Å²) in [5.74, 6) is 2.57. The number of hydrogen-bond donors (Lipinski definition) is 0. The van der Waals surface area contributed by atoms with Crippen LogP contribution in [-0.2, 0) is 4.43 Å². The lowest BCUT2D eigenvalue weighted by atomic mass is 9.61. The van der Waals surface area contributed by atoms with Crippen molar-refractivity contribution in [1.29, 1.82) is 0 Å². The Bertz CT molecular complexity index is 516. The summed E-state index contributed by atoms with van der Waals surface area (Å²) >= 11 is 3.66. The van der Waals surface area contributed by atoms with Crippen molar-refractivity contribution in [2.24, 2.45) is 23.2 Å². The standard InChI is InChI=1S/C25H47BrOSi/c1-8-28(9-2,10-3)27-24(5,6)17-11-13-20(4)22-15-16-23-21(19-26)14-12-18-25(22,23)7/h19-20,22-23H,8-18H2,1-7H3/b21-19+/t20-,22-,23-,25-/m1/s1. The Morgan fingerprint density at radius 2 is 1.86 bits per heavy atom. The van der Waals surface area contributed by atoms with Gasteiger partial charge in [-0.2, -0.15) is 0 Å². The highest BCUT2D eigenvalue weighted by molar-refractivity contribution is 9.11. The van der Waals surface area contributed by atoms with E-state index in [1.54, 1.807) is 5.57 Å². The molecule has 2 aliphatic rings. The summed E-state index contributed by atoms with van der Waals surface area (Å²) in [6.45, 7) is 16.9. The van der Waals surface area contributed by atoms with Crippen LogP contribution in [0, 0.1) is 23.2 Å². The van der Waals surface area contributed by atoms with Gasteiger partial charge < -0.3 is 4.43 Å². The Morgan fingerprint density at radius 3 is 2.43 bits per heavy atom. The molecular formula is C25H47BrOSi. The lowest BCUT2D eigenvalue weighted by Crippen LogP contribution is -2.44. The maximum absolute atomic E-state index is 6.84. The highest BCUT2D eigenvalue weighted by Crippen LogP contribution is 2.60. The molecule has 0 unspecified atom stereocenters. The second kappa shape index (κ2) is 10.1. The van der Waals surface area contributed by atoms with Gasteiger partial charge in [0.05, 0.1) is 5.60 Å². The van der Waals surface area contributed by atoms with Crippen molar-refractivity contribution in [3.05, 3.63) is 10.6 Å². The van der Waals surface area contributed by atoms with Crippen molar-refractivity contribution in [2.75, 3.05) is 0 Å². The van der Waals surface area contributed by atoms with E-state index in [0.29, 0.717) is 5.41 Å². The first-order valence-corrected chi connectivity index (χ1v) is 15.6. The topological polar surface area (TPSA) is 9.23 Å². The summed E-state index contributed by atoms with van der Waals surface area (Å²) < 4.78 is 6.84. The van der Waals surface area contributed by atoms with Gasteiger partial charge in [0.1, 0.15) is 0 Å². The van der Waals surface area contributed by atoms with Crippen LogP contribution in [0.3, 0.4) is 0 Å². The third-order valence-corrected chi connectivity index (χ3v) is 14.2.